The van der Waals surface area contributed by atoms with E-state index in [4.69, 9.17) is 23.2 Å². The number of pyridine rings is 1. The monoisotopic (exact) mass is 436 g/mol. The topological polar surface area (TPSA) is 59.8 Å². The molecule has 5 nitrogen and oxygen atoms in total. The average molecular weight is 437 g/mol. The molecule has 2 aromatic carbocycles. The molecule has 1 amide bonds. The highest BCUT2D eigenvalue weighted by Gasteiger charge is 2.18. The fraction of sp³-hybridized carbons (Fsp3) is 0.0870. The number of carbonyl (C=O) groups excluding carboxylic acids is 1. The van der Waals surface area contributed by atoms with Crippen molar-refractivity contribution in [3.8, 4) is 16.9 Å². The van der Waals surface area contributed by atoms with E-state index in [2.05, 4.69) is 15.4 Å². The Morgan fingerprint density at radius 3 is 2.57 bits per heavy atom. The van der Waals surface area contributed by atoms with Crippen molar-refractivity contribution in [1.29, 1.82) is 0 Å². The predicted octanol–water partition coefficient (Wildman–Crippen LogP) is 5.21. The van der Waals surface area contributed by atoms with Crippen LogP contribution in [0.15, 0.2) is 79.0 Å². The van der Waals surface area contributed by atoms with E-state index < -0.39 is 0 Å². The summed E-state index contributed by atoms with van der Waals surface area (Å²) in [4.78, 5) is 17.3. The normalized spacial score (nSPS) is 10.7. The minimum Gasteiger partial charge on any atom is -0.350 e. The van der Waals surface area contributed by atoms with Crippen LogP contribution in [-0.4, -0.2) is 27.2 Å². The van der Waals surface area contributed by atoms with Crippen molar-refractivity contribution in [2.75, 3.05) is 6.54 Å². The van der Waals surface area contributed by atoms with Crippen molar-refractivity contribution < 1.29 is 4.79 Å². The molecule has 0 spiro atoms. The molecule has 4 aromatic rings. The summed E-state index contributed by atoms with van der Waals surface area (Å²) in [7, 11) is 0. The molecule has 2 aromatic heterocycles. The summed E-state index contributed by atoms with van der Waals surface area (Å²) in [5.74, 6) is -0.239. The van der Waals surface area contributed by atoms with Crippen molar-refractivity contribution in [3.63, 3.8) is 0 Å². The van der Waals surface area contributed by atoms with Gasteiger partial charge in [0.25, 0.3) is 5.91 Å². The van der Waals surface area contributed by atoms with E-state index in [9.17, 15) is 4.79 Å². The third kappa shape index (κ3) is 4.53. The van der Waals surface area contributed by atoms with Gasteiger partial charge in [0.15, 0.2) is 0 Å². The van der Waals surface area contributed by atoms with Gasteiger partial charge in [0.1, 0.15) is 5.69 Å². The molecule has 0 saturated carbocycles. The van der Waals surface area contributed by atoms with Crippen molar-refractivity contribution in [1.82, 2.24) is 20.1 Å². The molecule has 0 fully saturated rings. The number of hydrogen-bond acceptors (Lipinski definition) is 3. The van der Waals surface area contributed by atoms with Gasteiger partial charge in [-0.05, 0) is 42.5 Å². The number of nitrogens with one attached hydrogen (secondary N) is 1. The second-order valence-corrected chi connectivity index (χ2v) is 7.46. The van der Waals surface area contributed by atoms with Crippen LogP contribution in [0.3, 0.4) is 0 Å². The molecule has 1 N–H and O–H groups in total. The third-order valence-corrected chi connectivity index (χ3v) is 5.10. The Hall–Kier alpha value is -3.15. The molecule has 4 rings (SSSR count). The Morgan fingerprint density at radius 1 is 0.967 bits per heavy atom. The minimum absolute atomic E-state index is 0.239. The highest BCUT2D eigenvalue weighted by atomic mass is 35.5. The SMILES string of the molecule is O=C(NCCc1ccccn1)c1cc(-c2ccccc2Cl)nn1-c1cccc(Cl)c1. The molecule has 0 saturated heterocycles. The first-order valence-electron chi connectivity index (χ1n) is 9.41. The molecular formula is C23H18Cl2N4O. The molecular weight excluding hydrogens is 419 g/mol. The smallest absolute Gasteiger partial charge is 0.270 e. The maximum atomic E-state index is 13.0. The molecule has 0 unspecified atom stereocenters. The van der Waals surface area contributed by atoms with Gasteiger partial charge in [-0.2, -0.15) is 5.10 Å². The molecule has 0 bridgehead atoms. The average Bonchev–Trinajstić information content (AvgIpc) is 3.20. The van der Waals surface area contributed by atoms with E-state index in [0.29, 0.717) is 40.1 Å². The molecule has 7 heteroatoms. The van der Waals surface area contributed by atoms with E-state index in [1.165, 1.54) is 0 Å². The highest BCUT2D eigenvalue weighted by Crippen LogP contribution is 2.28. The second-order valence-electron chi connectivity index (χ2n) is 6.61. The van der Waals surface area contributed by atoms with E-state index in [1.54, 1.807) is 35.1 Å². The van der Waals surface area contributed by atoms with Gasteiger partial charge in [-0.25, -0.2) is 4.68 Å². The summed E-state index contributed by atoms with van der Waals surface area (Å²) < 4.78 is 1.58. The maximum absolute atomic E-state index is 13.0. The fourth-order valence-corrected chi connectivity index (χ4v) is 3.51. The summed E-state index contributed by atoms with van der Waals surface area (Å²) in [6.07, 6.45) is 2.37. The molecule has 0 atom stereocenters. The first-order chi connectivity index (χ1) is 14.6. The van der Waals surface area contributed by atoms with E-state index in [-0.39, 0.29) is 5.91 Å². The van der Waals surface area contributed by atoms with Crippen molar-refractivity contribution in [3.05, 3.63) is 100 Å². The Kier molecular flexibility index (Phi) is 6.12. The van der Waals surface area contributed by atoms with Crippen molar-refractivity contribution in [2.24, 2.45) is 0 Å². The molecule has 0 aliphatic heterocycles. The van der Waals surface area contributed by atoms with E-state index in [1.807, 2.05) is 48.5 Å². The number of rotatable bonds is 6. The van der Waals surface area contributed by atoms with Crippen LogP contribution >= 0.6 is 23.2 Å². The van der Waals surface area contributed by atoms with Gasteiger partial charge < -0.3 is 5.32 Å². The maximum Gasteiger partial charge on any atom is 0.270 e. The zero-order chi connectivity index (χ0) is 20.9. The van der Waals surface area contributed by atoms with Gasteiger partial charge in [0.2, 0.25) is 0 Å². The zero-order valence-electron chi connectivity index (χ0n) is 15.9. The van der Waals surface area contributed by atoms with Gasteiger partial charge >= 0.3 is 0 Å². The highest BCUT2D eigenvalue weighted by molar-refractivity contribution is 6.33. The molecule has 0 radical (unpaired) electrons. The second kappa shape index (κ2) is 9.11. The minimum atomic E-state index is -0.239. The molecule has 2 heterocycles. The lowest BCUT2D eigenvalue weighted by Gasteiger charge is -2.08. The third-order valence-electron chi connectivity index (χ3n) is 4.54. The van der Waals surface area contributed by atoms with E-state index >= 15 is 0 Å². The van der Waals surface area contributed by atoms with E-state index in [0.717, 1.165) is 11.3 Å². The van der Waals surface area contributed by atoms with Crippen molar-refractivity contribution in [2.45, 2.75) is 6.42 Å². The van der Waals surface area contributed by atoms with Crippen LogP contribution in [0.2, 0.25) is 10.0 Å². The van der Waals surface area contributed by atoms with Gasteiger partial charge in [-0.3, -0.25) is 9.78 Å². The van der Waals surface area contributed by atoms with Crippen LogP contribution < -0.4 is 5.32 Å². The number of aromatic nitrogens is 3. The van der Waals surface area contributed by atoms with Gasteiger partial charge in [-0.1, -0.05) is 53.5 Å². The number of nitrogens with zero attached hydrogens (tertiary/aromatic N) is 3. The number of benzene rings is 2. The number of hydrogen-bond donors (Lipinski definition) is 1. The molecule has 0 aliphatic carbocycles. The standard InChI is InChI=1S/C23H18Cl2N4O/c24-16-6-5-8-18(14-16)29-22(15-21(28-29)19-9-1-2-10-20(19)25)23(30)27-13-11-17-7-3-4-12-26-17/h1-10,12,14-15H,11,13H2,(H,27,30). The lowest BCUT2D eigenvalue weighted by atomic mass is 10.1. The quantitative estimate of drug-likeness (QED) is 0.450. The van der Waals surface area contributed by atoms with Crippen LogP contribution in [0.25, 0.3) is 16.9 Å². The van der Waals surface area contributed by atoms with Gasteiger partial charge in [0, 0.05) is 35.4 Å². The first-order valence-corrected chi connectivity index (χ1v) is 10.2. The summed E-state index contributed by atoms with van der Waals surface area (Å²) in [5, 5.41) is 8.71. The molecule has 150 valence electrons. The Labute approximate surface area is 184 Å². The first kappa shape index (κ1) is 20.1. The lowest BCUT2D eigenvalue weighted by molar-refractivity contribution is 0.0946. The lowest BCUT2D eigenvalue weighted by Crippen LogP contribution is -2.28. The van der Waals surface area contributed by atoms with Gasteiger partial charge in [-0.15, -0.1) is 0 Å². The summed E-state index contributed by atoms with van der Waals surface area (Å²) in [5.41, 5.74) is 3.36. The number of amides is 1. The Bertz CT molecular complexity index is 1170. The largest absolute Gasteiger partial charge is 0.350 e. The molecule has 0 aliphatic rings. The van der Waals surface area contributed by atoms with Crippen LogP contribution in [0.1, 0.15) is 16.2 Å². The summed E-state index contributed by atoms with van der Waals surface area (Å²) in [6.45, 7) is 0.456. The molecule has 30 heavy (non-hydrogen) atoms. The zero-order valence-corrected chi connectivity index (χ0v) is 17.4. The van der Waals surface area contributed by atoms with Crippen LogP contribution in [0.5, 0.6) is 0 Å². The number of halogens is 2. The van der Waals surface area contributed by atoms with Crippen LogP contribution in [-0.2, 0) is 6.42 Å². The van der Waals surface area contributed by atoms with Crippen molar-refractivity contribution >= 4 is 29.1 Å². The summed E-state index contributed by atoms with van der Waals surface area (Å²) in [6, 6.07) is 22.0. The van der Waals surface area contributed by atoms with Gasteiger partial charge in [0.05, 0.1) is 16.4 Å². The number of carbonyl (C=O) groups is 1. The van der Waals surface area contributed by atoms with Crippen LogP contribution in [0.4, 0.5) is 0 Å². The van der Waals surface area contributed by atoms with Crippen LogP contribution in [0, 0.1) is 0 Å². The Balaban J connectivity index is 1.64. The fourth-order valence-electron chi connectivity index (χ4n) is 3.09. The predicted molar refractivity (Wildman–Crippen MR) is 119 cm³/mol. The summed E-state index contributed by atoms with van der Waals surface area (Å²) >= 11 is 12.5. The Morgan fingerprint density at radius 2 is 1.80 bits per heavy atom.